The number of hydrogen-bond donors (Lipinski definition) is 4. The fourth-order valence-corrected chi connectivity index (χ4v) is 8.72. The van der Waals surface area contributed by atoms with Gasteiger partial charge in [0.05, 0.1) is 59.7 Å². The summed E-state index contributed by atoms with van der Waals surface area (Å²) in [6.45, 7) is 15.4. The zero-order chi connectivity index (χ0) is 44.7. The van der Waals surface area contributed by atoms with E-state index >= 15 is 0 Å². The Kier molecular flexibility index (Phi) is 16.8. The Morgan fingerprint density at radius 2 is 0.969 bits per heavy atom. The molecule has 64 heavy (non-hydrogen) atoms. The number of quaternary nitrogens is 1. The van der Waals surface area contributed by atoms with Gasteiger partial charge in [-0.25, -0.2) is 20.8 Å². The molecule has 10 nitrogen and oxygen atoms in total. The fourth-order valence-electron chi connectivity index (χ4n) is 8.16. The van der Waals surface area contributed by atoms with Gasteiger partial charge in [0, 0.05) is 34.6 Å². The average Bonchev–Trinajstić information content (AvgIpc) is 3.83. The van der Waals surface area contributed by atoms with Crippen LogP contribution in [0, 0.1) is 11.8 Å². The minimum absolute atomic E-state index is 0.575. The molecule has 0 fully saturated rings. The predicted octanol–water partition coefficient (Wildman–Crippen LogP) is 13.0. The predicted molar refractivity (Wildman–Crippen MR) is 268 cm³/mol. The van der Waals surface area contributed by atoms with Crippen LogP contribution < -0.4 is 31.0 Å². The smallest absolute Gasteiger partial charge is 0.153 e. The Morgan fingerprint density at radius 1 is 0.531 bits per heavy atom. The molecule has 11 heteroatoms. The van der Waals surface area contributed by atoms with Crippen LogP contribution in [0.1, 0.15) is 104 Å². The van der Waals surface area contributed by atoms with Crippen molar-refractivity contribution in [1.82, 2.24) is 18.7 Å². The number of hydrogen-bond acceptors (Lipinski definition) is 10. The molecule has 0 bridgehead atoms. The second-order valence-corrected chi connectivity index (χ2v) is 17.3. The second-order valence-electron chi connectivity index (χ2n) is 16.8. The van der Waals surface area contributed by atoms with Crippen molar-refractivity contribution in [3.8, 4) is 33.8 Å². The lowest BCUT2D eigenvalue weighted by molar-refractivity contribution is -0.538. The minimum Gasteiger partial charge on any atom is -0.493 e. The van der Waals surface area contributed by atoms with Gasteiger partial charge in [-0.2, -0.15) is 8.75 Å². The van der Waals surface area contributed by atoms with Crippen LogP contribution in [0.4, 0.5) is 22.7 Å². The largest absolute Gasteiger partial charge is 0.493 e. The molecule has 2 heterocycles. The molecule has 0 saturated carbocycles. The first-order valence-corrected chi connectivity index (χ1v) is 24.4. The normalized spacial score (nSPS) is 12.3. The van der Waals surface area contributed by atoms with Crippen LogP contribution in [-0.4, -0.2) is 38.6 Å². The maximum absolute atomic E-state index is 6.13. The average molecular weight is 880 g/mol. The lowest BCUT2D eigenvalue weighted by Gasteiger charge is -2.16. The van der Waals surface area contributed by atoms with E-state index in [9.17, 15) is 0 Å². The van der Waals surface area contributed by atoms with Crippen LogP contribution in [-0.2, 0) is 12.8 Å². The van der Waals surface area contributed by atoms with E-state index in [1.54, 1.807) is 0 Å². The number of unbranched alkanes of at least 4 members (excludes halogenated alkanes) is 2. The molecule has 0 aliphatic heterocycles. The van der Waals surface area contributed by atoms with Crippen molar-refractivity contribution >= 4 is 56.5 Å². The van der Waals surface area contributed by atoms with E-state index in [0.717, 1.165) is 129 Å². The summed E-state index contributed by atoms with van der Waals surface area (Å²) in [7, 11) is 0. The molecule has 0 aliphatic rings. The van der Waals surface area contributed by atoms with E-state index in [4.69, 9.17) is 28.2 Å². The SMILES string of the molecule is CCCCC(CC)COc1ccc(NCNc2ccc(-c3c4nsnc4c(-c4ccc([NH2+]Nc5ccc(OCC(CC)CCCC)cc5)cc4)c4nc(CC)c(CC)nc34)cc2)cc1. The summed E-state index contributed by atoms with van der Waals surface area (Å²) >= 11 is 1.23. The van der Waals surface area contributed by atoms with Gasteiger partial charge in [-0.3, -0.25) is 0 Å². The molecule has 2 aromatic heterocycles. The molecule has 0 saturated heterocycles. The molecular formula is C53H67N8O2S+. The number of nitrogens with two attached hydrogens (primary N) is 1. The molecule has 0 radical (unpaired) electrons. The molecule has 5 N–H and O–H groups in total. The molecule has 2 unspecified atom stereocenters. The van der Waals surface area contributed by atoms with E-state index in [1.165, 1.54) is 50.3 Å². The number of nitrogens with one attached hydrogen (secondary N) is 3. The van der Waals surface area contributed by atoms with Gasteiger partial charge in [0.25, 0.3) is 0 Å². The summed E-state index contributed by atoms with van der Waals surface area (Å²) in [6, 6.07) is 33.5. The van der Waals surface area contributed by atoms with E-state index in [-0.39, 0.29) is 0 Å². The van der Waals surface area contributed by atoms with Gasteiger partial charge in [0.15, 0.2) is 5.69 Å². The number of ether oxygens (including phenoxy) is 2. The van der Waals surface area contributed by atoms with Gasteiger partial charge in [-0.05, 0) is 121 Å². The topological polar surface area (TPSA) is 123 Å². The maximum Gasteiger partial charge on any atom is 0.153 e. The van der Waals surface area contributed by atoms with Crippen molar-refractivity contribution in [2.45, 2.75) is 106 Å². The Bertz CT molecular complexity index is 2510. The Hall–Kier alpha value is -5.78. The summed E-state index contributed by atoms with van der Waals surface area (Å²) in [5.41, 5.74) is 19.0. The number of aryl methyl sites for hydroxylation is 2. The van der Waals surface area contributed by atoms with Crippen molar-refractivity contribution in [2.24, 2.45) is 11.8 Å². The zero-order valence-corrected chi connectivity index (χ0v) is 39.5. The first kappa shape index (κ1) is 46.2. The molecular weight excluding hydrogens is 813 g/mol. The summed E-state index contributed by atoms with van der Waals surface area (Å²) in [4.78, 5) is 10.7. The maximum atomic E-state index is 6.13. The van der Waals surface area contributed by atoms with Gasteiger partial charge in [0.2, 0.25) is 0 Å². The van der Waals surface area contributed by atoms with Crippen LogP contribution in [0.5, 0.6) is 11.5 Å². The van der Waals surface area contributed by atoms with Crippen LogP contribution in [0.15, 0.2) is 97.1 Å². The third kappa shape index (κ3) is 11.7. The summed E-state index contributed by atoms with van der Waals surface area (Å²) in [5, 5.41) is 7.00. The van der Waals surface area contributed by atoms with Crippen LogP contribution in [0.3, 0.4) is 0 Å². The monoisotopic (exact) mass is 880 g/mol. The zero-order valence-electron chi connectivity index (χ0n) is 38.7. The molecule has 2 atom stereocenters. The number of aromatic nitrogens is 4. The van der Waals surface area contributed by atoms with Gasteiger partial charge in [0.1, 0.15) is 22.5 Å². The molecule has 7 aromatic rings. The Balaban J connectivity index is 1.05. The van der Waals surface area contributed by atoms with E-state index in [2.05, 4.69) is 130 Å². The lowest BCUT2D eigenvalue weighted by atomic mass is 9.94. The fraction of sp³-hybridized carbons (Fsp3) is 0.396. The summed E-state index contributed by atoms with van der Waals surface area (Å²) in [5.74, 6) is 3.04. The van der Waals surface area contributed by atoms with Crippen molar-refractivity contribution in [3.05, 3.63) is 108 Å². The van der Waals surface area contributed by atoms with E-state index in [0.29, 0.717) is 18.5 Å². The number of anilines is 3. The number of benzene rings is 5. The quantitative estimate of drug-likeness (QED) is 0.0192. The standard InChI is InChI=1S/C53H66N8O2S/c1-7-13-15-36(9-3)33-62-44-29-25-41(26-30-44)55-35-54-40-21-17-38(18-22-40)48-50-51(57-47(12-6)46(11-5)56-50)49(53-52(48)60-64-61-53)39-19-23-42(24-20-39)58-59-43-27-31-45(32-28-43)63-34-37(10-4)16-14-8-2/h17-32,36-37,54-55,58-59H,7-16,33-35H2,1-6H3/p+1. The lowest BCUT2D eigenvalue weighted by Crippen LogP contribution is -2.82. The summed E-state index contributed by atoms with van der Waals surface area (Å²) in [6.07, 6.45) is 11.3. The van der Waals surface area contributed by atoms with Crippen molar-refractivity contribution < 1.29 is 14.9 Å². The first-order valence-electron chi connectivity index (χ1n) is 23.7. The van der Waals surface area contributed by atoms with Gasteiger partial charge >= 0.3 is 0 Å². The molecule has 0 aliphatic carbocycles. The Labute approximate surface area is 384 Å². The highest BCUT2D eigenvalue weighted by molar-refractivity contribution is 7.00. The minimum atomic E-state index is 0.575. The molecule has 0 amide bonds. The molecule has 7 rings (SSSR count). The van der Waals surface area contributed by atoms with Crippen LogP contribution in [0.25, 0.3) is 44.3 Å². The molecule has 5 aromatic carbocycles. The third-order valence-corrected chi connectivity index (χ3v) is 12.8. The van der Waals surface area contributed by atoms with Crippen LogP contribution in [0.2, 0.25) is 0 Å². The number of fused-ring (bicyclic) bond motifs is 2. The van der Waals surface area contributed by atoms with E-state index < -0.39 is 0 Å². The van der Waals surface area contributed by atoms with Gasteiger partial charge < -0.3 is 20.1 Å². The highest BCUT2D eigenvalue weighted by Gasteiger charge is 2.24. The van der Waals surface area contributed by atoms with Crippen LogP contribution >= 0.6 is 11.7 Å². The van der Waals surface area contributed by atoms with Crippen molar-refractivity contribution in [2.75, 3.05) is 35.9 Å². The van der Waals surface area contributed by atoms with Gasteiger partial charge in [-0.1, -0.05) is 92.2 Å². The van der Waals surface area contributed by atoms with Crippen molar-refractivity contribution in [3.63, 3.8) is 0 Å². The van der Waals surface area contributed by atoms with Gasteiger partial charge in [-0.15, -0.1) is 0 Å². The molecule has 0 spiro atoms. The summed E-state index contributed by atoms with van der Waals surface area (Å²) < 4.78 is 22.1. The Morgan fingerprint density at radius 3 is 1.41 bits per heavy atom. The van der Waals surface area contributed by atoms with Crippen molar-refractivity contribution in [1.29, 1.82) is 0 Å². The van der Waals surface area contributed by atoms with E-state index in [1.807, 2.05) is 29.7 Å². The highest BCUT2D eigenvalue weighted by Crippen LogP contribution is 2.42. The molecule has 336 valence electrons. The number of nitrogen functional groups attached to an aromatic ring is 1. The number of rotatable bonds is 25. The highest BCUT2D eigenvalue weighted by atomic mass is 32.1. The second kappa shape index (κ2) is 23.2. The third-order valence-electron chi connectivity index (χ3n) is 12.3. The number of nitrogens with zero attached hydrogens (tertiary/aromatic N) is 4. The first-order chi connectivity index (χ1) is 31.4.